The van der Waals surface area contributed by atoms with Crippen molar-refractivity contribution in [3.8, 4) is 0 Å². The molecule has 1 N–H and O–H groups in total. The van der Waals surface area contributed by atoms with E-state index in [2.05, 4.69) is 20.2 Å². The van der Waals surface area contributed by atoms with Crippen LogP contribution in [-0.4, -0.2) is 35.4 Å². The molecule has 36 heavy (non-hydrogen) atoms. The zero-order valence-corrected chi connectivity index (χ0v) is 21.5. The molecule has 0 unspecified atom stereocenters. The molecule has 0 saturated heterocycles. The molecule has 0 saturated carbocycles. The molecule has 0 spiro atoms. The summed E-state index contributed by atoms with van der Waals surface area (Å²) in [6, 6.07) is 8.55. The number of rotatable bonds is 7. The van der Waals surface area contributed by atoms with Gasteiger partial charge in [0.05, 0.1) is 34.3 Å². The second-order valence-corrected chi connectivity index (χ2v) is 12.2. The van der Waals surface area contributed by atoms with Crippen molar-refractivity contribution in [3.63, 3.8) is 0 Å². The van der Waals surface area contributed by atoms with Gasteiger partial charge >= 0.3 is 6.18 Å². The van der Waals surface area contributed by atoms with Gasteiger partial charge in [-0.25, -0.2) is 13.4 Å². The number of sulfone groups is 1. The zero-order chi connectivity index (χ0) is 26.3. The Morgan fingerprint density at radius 1 is 1.19 bits per heavy atom. The van der Waals surface area contributed by atoms with Crippen LogP contribution in [0.1, 0.15) is 47.3 Å². The third kappa shape index (κ3) is 5.93. The van der Waals surface area contributed by atoms with E-state index in [1.807, 2.05) is 13.8 Å². The minimum absolute atomic E-state index is 0.0606. The standard InChI is InChI=1S/C24H25F3N4O3S2/c1-14(2)22-21-19(13-31(22)12-17-7-6-16(11-28-17)24(25,26)27)35-23(30-21)29-20(32)10-15-4-8-18(9-5-15)36(3,33)34/h4-9,11,14,22H,10,12-13H2,1-3H3,(H,29,30,32)/t22-/m0/s1. The summed E-state index contributed by atoms with van der Waals surface area (Å²) in [5.41, 5.74) is 1.30. The van der Waals surface area contributed by atoms with Gasteiger partial charge in [0.1, 0.15) is 0 Å². The molecule has 0 aliphatic carbocycles. The molecule has 1 aromatic carbocycles. The second kappa shape index (κ2) is 9.91. The first-order valence-electron chi connectivity index (χ1n) is 11.2. The van der Waals surface area contributed by atoms with Gasteiger partial charge in [0.15, 0.2) is 15.0 Å². The first kappa shape index (κ1) is 26.2. The number of nitrogens with one attached hydrogen (secondary N) is 1. The third-order valence-corrected chi connectivity index (χ3v) is 7.96. The largest absolute Gasteiger partial charge is 0.417 e. The first-order chi connectivity index (χ1) is 16.8. The summed E-state index contributed by atoms with van der Waals surface area (Å²) in [7, 11) is -3.30. The number of pyridine rings is 1. The number of hydrogen-bond donors (Lipinski definition) is 1. The lowest BCUT2D eigenvalue weighted by atomic mass is 10.0. The van der Waals surface area contributed by atoms with E-state index in [1.54, 1.807) is 12.1 Å². The van der Waals surface area contributed by atoms with Crippen LogP contribution in [0, 0.1) is 5.92 Å². The number of anilines is 1. The summed E-state index contributed by atoms with van der Waals surface area (Å²) in [5.74, 6) is -0.0823. The van der Waals surface area contributed by atoms with Gasteiger partial charge in [-0.05, 0) is 35.7 Å². The van der Waals surface area contributed by atoms with Gasteiger partial charge in [-0.3, -0.25) is 14.7 Å². The molecule has 4 rings (SSSR count). The van der Waals surface area contributed by atoms with E-state index >= 15 is 0 Å². The fraction of sp³-hybridized carbons (Fsp3) is 0.375. The molecule has 1 atom stereocenters. The predicted octanol–water partition coefficient (Wildman–Crippen LogP) is 4.85. The Morgan fingerprint density at radius 3 is 2.44 bits per heavy atom. The van der Waals surface area contributed by atoms with Gasteiger partial charge in [-0.2, -0.15) is 13.2 Å². The van der Waals surface area contributed by atoms with E-state index in [-0.39, 0.29) is 29.2 Å². The highest BCUT2D eigenvalue weighted by atomic mass is 32.2. The van der Waals surface area contributed by atoms with Crippen molar-refractivity contribution < 1.29 is 26.4 Å². The van der Waals surface area contributed by atoms with Crippen molar-refractivity contribution >= 4 is 32.2 Å². The summed E-state index contributed by atoms with van der Waals surface area (Å²) < 4.78 is 61.7. The molecule has 1 amide bonds. The maximum Gasteiger partial charge on any atom is 0.417 e. The van der Waals surface area contributed by atoms with Crippen molar-refractivity contribution in [3.05, 3.63) is 70.0 Å². The number of thiazole rings is 1. The second-order valence-electron chi connectivity index (χ2n) is 9.10. The van der Waals surface area contributed by atoms with Crippen molar-refractivity contribution in [2.24, 2.45) is 5.92 Å². The number of carbonyl (C=O) groups excluding carboxylic acids is 1. The van der Waals surface area contributed by atoms with Crippen LogP contribution in [0.5, 0.6) is 0 Å². The summed E-state index contributed by atoms with van der Waals surface area (Å²) in [6.45, 7) is 5.03. The average Bonchev–Trinajstić information content (AvgIpc) is 3.29. The molecule has 3 heterocycles. The number of aromatic nitrogens is 2. The molecule has 3 aromatic rings. The Labute approximate surface area is 211 Å². The Morgan fingerprint density at radius 2 is 1.89 bits per heavy atom. The molecule has 12 heteroatoms. The van der Waals surface area contributed by atoms with Gasteiger partial charge in [-0.15, -0.1) is 11.3 Å². The lowest BCUT2D eigenvalue weighted by Gasteiger charge is -2.27. The Kier molecular flexibility index (Phi) is 7.22. The van der Waals surface area contributed by atoms with E-state index < -0.39 is 21.6 Å². The Bertz CT molecular complexity index is 1350. The van der Waals surface area contributed by atoms with Crippen LogP contribution in [0.2, 0.25) is 0 Å². The van der Waals surface area contributed by atoms with Gasteiger partial charge in [0.25, 0.3) is 0 Å². The zero-order valence-electron chi connectivity index (χ0n) is 19.8. The van der Waals surface area contributed by atoms with Crippen molar-refractivity contribution in [1.29, 1.82) is 0 Å². The molecular formula is C24H25F3N4O3S2. The van der Waals surface area contributed by atoms with Crippen LogP contribution in [0.25, 0.3) is 0 Å². The molecule has 0 radical (unpaired) electrons. The lowest BCUT2D eigenvalue weighted by molar-refractivity contribution is -0.137. The molecule has 1 aliphatic rings. The van der Waals surface area contributed by atoms with Gasteiger partial charge in [-0.1, -0.05) is 26.0 Å². The molecular weight excluding hydrogens is 513 g/mol. The SMILES string of the molecule is CC(C)[C@H]1c2nc(NC(=O)Cc3ccc(S(C)(=O)=O)cc3)sc2CN1Cc1ccc(C(F)(F)F)cn1. The first-order valence-corrected chi connectivity index (χ1v) is 13.9. The highest BCUT2D eigenvalue weighted by Gasteiger charge is 2.36. The maximum absolute atomic E-state index is 12.8. The molecule has 192 valence electrons. The van der Waals surface area contributed by atoms with Crippen molar-refractivity contribution in [2.45, 2.75) is 50.5 Å². The quantitative estimate of drug-likeness (QED) is 0.462. The maximum atomic E-state index is 12.8. The minimum atomic E-state index is -4.42. The summed E-state index contributed by atoms with van der Waals surface area (Å²) in [4.78, 5) is 24.5. The van der Waals surface area contributed by atoms with Crippen molar-refractivity contribution in [1.82, 2.24) is 14.9 Å². The number of carbonyl (C=O) groups is 1. The van der Waals surface area contributed by atoms with E-state index in [1.165, 1.54) is 29.5 Å². The summed E-state index contributed by atoms with van der Waals surface area (Å²) in [5, 5.41) is 3.30. The number of hydrogen-bond acceptors (Lipinski definition) is 7. The Hall–Kier alpha value is -2.83. The fourth-order valence-electron chi connectivity index (χ4n) is 4.21. The third-order valence-electron chi connectivity index (χ3n) is 5.86. The topological polar surface area (TPSA) is 92.3 Å². The number of amides is 1. The fourth-order valence-corrected chi connectivity index (χ4v) is 5.88. The van der Waals surface area contributed by atoms with Crippen molar-refractivity contribution in [2.75, 3.05) is 11.6 Å². The smallest absolute Gasteiger partial charge is 0.302 e. The molecule has 2 aromatic heterocycles. The van der Waals surface area contributed by atoms with Crippen LogP contribution in [-0.2, 0) is 40.3 Å². The van der Waals surface area contributed by atoms with E-state index in [0.717, 1.165) is 29.1 Å². The number of nitrogens with zero attached hydrogens (tertiary/aromatic N) is 3. The number of halogens is 3. The number of alkyl halides is 3. The monoisotopic (exact) mass is 538 g/mol. The van der Waals surface area contributed by atoms with E-state index in [4.69, 9.17) is 0 Å². The normalized spacial score (nSPS) is 16.4. The van der Waals surface area contributed by atoms with Crippen LogP contribution < -0.4 is 5.32 Å². The highest BCUT2D eigenvalue weighted by Crippen LogP contribution is 2.43. The van der Waals surface area contributed by atoms with E-state index in [9.17, 15) is 26.4 Å². The lowest BCUT2D eigenvalue weighted by Crippen LogP contribution is -2.26. The highest BCUT2D eigenvalue weighted by molar-refractivity contribution is 7.90. The van der Waals surface area contributed by atoms with Gasteiger partial charge in [0, 0.05) is 30.4 Å². The van der Waals surface area contributed by atoms with Crippen LogP contribution in [0.4, 0.5) is 18.3 Å². The van der Waals surface area contributed by atoms with Crippen LogP contribution in [0.3, 0.4) is 0 Å². The average molecular weight is 539 g/mol. The van der Waals surface area contributed by atoms with E-state index in [0.29, 0.717) is 29.5 Å². The number of benzene rings is 1. The van der Waals surface area contributed by atoms with Crippen LogP contribution in [0.15, 0.2) is 47.5 Å². The summed E-state index contributed by atoms with van der Waals surface area (Å²) >= 11 is 1.37. The predicted molar refractivity (Wildman–Crippen MR) is 130 cm³/mol. The Balaban J connectivity index is 1.42. The molecule has 1 aliphatic heterocycles. The van der Waals surface area contributed by atoms with Gasteiger partial charge in [0.2, 0.25) is 5.91 Å². The molecule has 0 bridgehead atoms. The molecule has 7 nitrogen and oxygen atoms in total. The molecule has 0 fully saturated rings. The minimum Gasteiger partial charge on any atom is -0.302 e. The summed E-state index contributed by atoms with van der Waals surface area (Å²) in [6.07, 6.45) is -2.37. The number of fused-ring (bicyclic) bond motifs is 1. The van der Waals surface area contributed by atoms with Crippen LogP contribution >= 0.6 is 11.3 Å². The van der Waals surface area contributed by atoms with Gasteiger partial charge < -0.3 is 5.32 Å².